The molecule has 3 rings (SSSR count). The highest BCUT2D eigenvalue weighted by atomic mass is 79.9. The molecular weight excluding hydrogens is 401 g/mol. The van der Waals surface area contributed by atoms with Crippen LogP contribution in [0.3, 0.4) is 0 Å². The van der Waals surface area contributed by atoms with E-state index in [0.717, 1.165) is 10.0 Å². The van der Waals surface area contributed by atoms with Gasteiger partial charge in [-0.2, -0.15) is 0 Å². The number of amides is 1. The van der Waals surface area contributed by atoms with E-state index >= 15 is 0 Å². The normalized spacial score (nSPS) is 16.9. The first-order chi connectivity index (χ1) is 12.4. The highest BCUT2D eigenvalue weighted by Gasteiger charge is 2.32. The zero-order valence-corrected chi connectivity index (χ0v) is 16.1. The summed E-state index contributed by atoms with van der Waals surface area (Å²) in [5.41, 5.74) is 1.62. The first-order valence-electron chi connectivity index (χ1n) is 8.40. The largest absolute Gasteiger partial charge is 0.483 e. The van der Waals surface area contributed by atoms with Crippen molar-refractivity contribution >= 4 is 27.6 Å². The Labute approximate surface area is 159 Å². The summed E-state index contributed by atoms with van der Waals surface area (Å²) in [5, 5.41) is 2.85. The predicted molar refractivity (Wildman–Crippen MR) is 100.0 cm³/mol. The van der Waals surface area contributed by atoms with Gasteiger partial charge in [0.15, 0.2) is 12.4 Å². The number of halogens is 2. The molecule has 2 aromatic rings. The molecule has 136 valence electrons. The van der Waals surface area contributed by atoms with Crippen LogP contribution in [0.2, 0.25) is 0 Å². The molecule has 6 heteroatoms. The van der Waals surface area contributed by atoms with Crippen LogP contribution in [-0.2, 0) is 4.79 Å². The van der Waals surface area contributed by atoms with E-state index in [1.807, 2.05) is 38.1 Å². The maximum atomic E-state index is 14.0. The third-order valence-corrected chi connectivity index (χ3v) is 5.05. The molecule has 0 fully saturated rings. The molecule has 0 bridgehead atoms. The number of ether oxygens (including phenoxy) is 1. The maximum absolute atomic E-state index is 14.0. The van der Waals surface area contributed by atoms with Crippen molar-refractivity contribution in [3.05, 3.63) is 63.4 Å². The SMILES string of the molecule is C[C@@H]1CC(=O)c2c(OCC(=O)N[C@H](C)c3ccc(Br)cc3)ccc(F)c21. The van der Waals surface area contributed by atoms with Gasteiger partial charge in [-0.25, -0.2) is 4.39 Å². The molecule has 1 N–H and O–H groups in total. The van der Waals surface area contributed by atoms with Gasteiger partial charge in [0, 0.05) is 16.5 Å². The smallest absolute Gasteiger partial charge is 0.258 e. The number of Topliss-reactive ketones (excluding diaryl/α,β-unsaturated/α-hetero) is 1. The lowest BCUT2D eigenvalue weighted by atomic mass is 10.0. The molecule has 0 spiro atoms. The average Bonchev–Trinajstić information content (AvgIpc) is 2.90. The second-order valence-electron chi connectivity index (χ2n) is 6.49. The molecule has 1 aliphatic rings. The topological polar surface area (TPSA) is 55.4 Å². The molecule has 0 unspecified atom stereocenters. The van der Waals surface area contributed by atoms with Crippen LogP contribution >= 0.6 is 15.9 Å². The van der Waals surface area contributed by atoms with Crippen LogP contribution < -0.4 is 10.1 Å². The van der Waals surface area contributed by atoms with Gasteiger partial charge in [-0.05, 0) is 42.7 Å². The zero-order chi connectivity index (χ0) is 18.8. The van der Waals surface area contributed by atoms with E-state index in [0.29, 0.717) is 5.56 Å². The fraction of sp³-hybridized carbons (Fsp3) is 0.300. The number of ketones is 1. The Balaban J connectivity index is 1.65. The Bertz CT molecular complexity index is 851. The Kier molecular flexibility index (Phi) is 5.41. The van der Waals surface area contributed by atoms with E-state index in [2.05, 4.69) is 21.2 Å². The Hall–Kier alpha value is -2.21. The summed E-state index contributed by atoms with van der Waals surface area (Å²) in [6.07, 6.45) is 0.263. The number of benzene rings is 2. The fourth-order valence-electron chi connectivity index (χ4n) is 3.21. The fourth-order valence-corrected chi connectivity index (χ4v) is 3.47. The van der Waals surface area contributed by atoms with Crippen molar-refractivity contribution in [3.63, 3.8) is 0 Å². The molecule has 1 amide bonds. The van der Waals surface area contributed by atoms with Crippen molar-refractivity contribution in [2.45, 2.75) is 32.2 Å². The van der Waals surface area contributed by atoms with Gasteiger partial charge in [-0.15, -0.1) is 0 Å². The minimum absolute atomic E-state index is 0.148. The minimum atomic E-state index is -0.404. The van der Waals surface area contributed by atoms with Crippen LogP contribution in [0.1, 0.15) is 53.7 Å². The monoisotopic (exact) mass is 419 g/mol. The van der Waals surface area contributed by atoms with Crippen molar-refractivity contribution in [3.8, 4) is 5.75 Å². The average molecular weight is 420 g/mol. The van der Waals surface area contributed by atoms with Gasteiger partial charge in [-0.1, -0.05) is 35.0 Å². The summed E-state index contributed by atoms with van der Waals surface area (Å²) in [5.74, 6) is -0.767. The molecule has 0 radical (unpaired) electrons. The van der Waals surface area contributed by atoms with Crippen LogP contribution in [0.15, 0.2) is 40.9 Å². The zero-order valence-electron chi connectivity index (χ0n) is 14.5. The second kappa shape index (κ2) is 7.58. The van der Waals surface area contributed by atoms with E-state index < -0.39 is 5.82 Å². The Morgan fingerprint density at radius 3 is 2.69 bits per heavy atom. The quantitative estimate of drug-likeness (QED) is 0.773. The maximum Gasteiger partial charge on any atom is 0.258 e. The van der Waals surface area contributed by atoms with Gasteiger partial charge in [-0.3, -0.25) is 9.59 Å². The van der Waals surface area contributed by atoms with Crippen molar-refractivity contribution in [1.29, 1.82) is 0 Å². The number of carbonyl (C=O) groups is 2. The molecule has 1 aliphatic carbocycles. The molecule has 0 aliphatic heterocycles. The lowest BCUT2D eigenvalue weighted by Crippen LogP contribution is -2.31. The van der Waals surface area contributed by atoms with E-state index in [1.54, 1.807) is 0 Å². The molecule has 4 nitrogen and oxygen atoms in total. The van der Waals surface area contributed by atoms with E-state index in [-0.39, 0.29) is 48.0 Å². The summed E-state index contributed by atoms with van der Waals surface area (Å²) in [7, 11) is 0. The summed E-state index contributed by atoms with van der Waals surface area (Å²) in [6.45, 7) is 3.45. The Morgan fingerprint density at radius 1 is 1.31 bits per heavy atom. The van der Waals surface area contributed by atoms with Crippen LogP contribution in [0.5, 0.6) is 5.75 Å². The number of nitrogens with one attached hydrogen (secondary N) is 1. The predicted octanol–water partition coefficient (Wildman–Crippen LogP) is 4.53. The number of carbonyl (C=O) groups excluding carboxylic acids is 2. The summed E-state index contributed by atoms with van der Waals surface area (Å²) >= 11 is 3.37. The van der Waals surface area contributed by atoms with E-state index in [9.17, 15) is 14.0 Å². The molecule has 0 saturated carbocycles. The van der Waals surface area contributed by atoms with Gasteiger partial charge >= 0.3 is 0 Å². The molecule has 2 atom stereocenters. The van der Waals surface area contributed by atoms with Gasteiger partial charge in [0.1, 0.15) is 11.6 Å². The highest BCUT2D eigenvalue weighted by molar-refractivity contribution is 9.10. The second-order valence-corrected chi connectivity index (χ2v) is 7.41. The lowest BCUT2D eigenvalue weighted by molar-refractivity contribution is -0.123. The first-order valence-corrected chi connectivity index (χ1v) is 9.19. The highest BCUT2D eigenvalue weighted by Crippen LogP contribution is 2.39. The number of rotatable bonds is 5. The van der Waals surface area contributed by atoms with Crippen molar-refractivity contribution in [2.24, 2.45) is 0 Å². The van der Waals surface area contributed by atoms with E-state index in [4.69, 9.17) is 4.74 Å². The summed E-state index contributed by atoms with van der Waals surface area (Å²) in [4.78, 5) is 24.3. The Morgan fingerprint density at radius 2 is 2.00 bits per heavy atom. The minimum Gasteiger partial charge on any atom is -0.483 e. The van der Waals surface area contributed by atoms with Crippen LogP contribution in [-0.4, -0.2) is 18.3 Å². The standard InChI is InChI=1S/C20H19BrFNO3/c1-11-9-16(24)20-17(8-7-15(22)19(11)20)26-10-18(25)23-12(2)13-3-5-14(21)6-4-13/h3-8,11-12H,9-10H2,1-2H3,(H,23,25)/t11-,12-/m1/s1. The van der Waals surface area contributed by atoms with Gasteiger partial charge in [0.05, 0.1) is 11.6 Å². The molecular formula is C20H19BrFNO3. The van der Waals surface area contributed by atoms with Crippen molar-refractivity contribution in [1.82, 2.24) is 5.32 Å². The summed E-state index contributed by atoms with van der Waals surface area (Å²) in [6, 6.07) is 10.2. The number of fused-ring (bicyclic) bond motifs is 1. The number of hydrogen-bond acceptors (Lipinski definition) is 3. The van der Waals surface area contributed by atoms with Crippen LogP contribution in [0, 0.1) is 5.82 Å². The van der Waals surface area contributed by atoms with Gasteiger partial charge in [0.2, 0.25) is 0 Å². The third-order valence-electron chi connectivity index (χ3n) is 4.52. The first kappa shape index (κ1) is 18.6. The molecule has 0 heterocycles. The summed E-state index contributed by atoms with van der Waals surface area (Å²) < 4.78 is 20.5. The molecule has 26 heavy (non-hydrogen) atoms. The third kappa shape index (κ3) is 3.80. The molecule has 0 saturated heterocycles. The van der Waals surface area contributed by atoms with Crippen molar-refractivity contribution in [2.75, 3.05) is 6.61 Å². The van der Waals surface area contributed by atoms with Crippen LogP contribution in [0.25, 0.3) is 0 Å². The number of hydrogen-bond donors (Lipinski definition) is 1. The van der Waals surface area contributed by atoms with Gasteiger partial charge in [0.25, 0.3) is 5.91 Å². The molecule has 2 aromatic carbocycles. The van der Waals surface area contributed by atoms with Crippen LogP contribution in [0.4, 0.5) is 4.39 Å². The van der Waals surface area contributed by atoms with Crippen molar-refractivity contribution < 1.29 is 18.7 Å². The van der Waals surface area contributed by atoms with Gasteiger partial charge < -0.3 is 10.1 Å². The van der Waals surface area contributed by atoms with E-state index in [1.165, 1.54) is 12.1 Å². The lowest BCUT2D eigenvalue weighted by Gasteiger charge is -2.16. The molecule has 0 aromatic heterocycles.